The van der Waals surface area contributed by atoms with Crippen molar-refractivity contribution in [1.29, 1.82) is 0 Å². The number of likely N-dealkylation sites (tertiary alicyclic amines) is 1. The fourth-order valence-corrected chi connectivity index (χ4v) is 3.97. The van der Waals surface area contributed by atoms with Crippen molar-refractivity contribution in [2.45, 2.75) is 26.4 Å². The van der Waals surface area contributed by atoms with E-state index >= 15 is 0 Å². The summed E-state index contributed by atoms with van der Waals surface area (Å²) in [6, 6.07) is 11.7. The monoisotopic (exact) mass is 384 g/mol. The van der Waals surface area contributed by atoms with Crippen molar-refractivity contribution in [3.05, 3.63) is 42.0 Å². The smallest absolute Gasteiger partial charge is 0.308 e. The lowest BCUT2D eigenvalue weighted by molar-refractivity contribution is -0.143. The summed E-state index contributed by atoms with van der Waals surface area (Å²) in [5.41, 5.74) is 1.05. The predicted molar refractivity (Wildman–Crippen MR) is 108 cm³/mol. The quantitative estimate of drug-likeness (QED) is 0.829. The maximum atomic E-state index is 12.9. The van der Waals surface area contributed by atoms with E-state index in [1.54, 1.807) is 19.1 Å². The topological polar surface area (TPSA) is 70.1 Å². The number of hydrogen-bond acceptors (Lipinski definition) is 4. The van der Waals surface area contributed by atoms with E-state index in [0.29, 0.717) is 19.6 Å². The number of rotatable bonds is 6. The Labute approximate surface area is 165 Å². The summed E-state index contributed by atoms with van der Waals surface area (Å²) in [6.45, 7) is 5.37. The highest BCUT2D eigenvalue weighted by atomic mass is 16.5. The number of hydrogen-bond donors (Lipinski definition) is 1. The molecule has 1 amide bonds. The fraction of sp³-hybridized carbons (Fsp3) is 0.455. The van der Waals surface area contributed by atoms with Gasteiger partial charge in [0, 0.05) is 26.7 Å². The highest BCUT2D eigenvalue weighted by Crippen LogP contribution is 2.26. The predicted octanol–water partition coefficient (Wildman–Crippen LogP) is 2.85. The average molecular weight is 384 g/mol. The number of amides is 1. The van der Waals surface area contributed by atoms with E-state index in [1.165, 1.54) is 0 Å². The van der Waals surface area contributed by atoms with E-state index in [-0.39, 0.29) is 17.9 Å². The lowest BCUT2D eigenvalue weighted by atomic mass is 9.99. The number of fused-ring (bicyclic) bond motifs is 1. The van der Waals surface area contributed by atoms with Gasteiger partial charge in [-0.15, -0.1) is 0 Å². The van der Waals surface area contributed by atoms with Crippen LogP contribution in [0.5, 0.6) is 5.75 Å². The molecular formula is C22H28N2O4. The van der Waals surface area contributed by atoms with Crippen LogP contribution in [-0.4, -0.2) is 60.1 Å². The number of ether oxygens (including phenoxy) is 1. The zero-order chi connectivity index (χ0) is 20.4. The Morgan fingerprint density at radius 2 is 1.89 bits per heavy atom. The number of carboxylic acids is 1. The van der Waals surface area contributed by atoms with Crippen LogP contribution < -0.4 is 4.74 Å². The van der Waals surface area contributed by atoms with Crippen molar-refractivity contribution in [3.8, 4) is 5.75 Å². The Balaban J connectivity index is 1.67. The number of carboxylic acid groups (broad SMARTS) is 1. The standard InChI is InChI=1S/C22H28N2O4/c1-14-11-24(13-20(14)22(26)27)15(2)21(25)23(3)12-16-5-6-18-10-19(28-4)8-7-17(18)9-16/h5-10,14-15,20H,11-13H2,1-4H3,(H,26,27)/t14-,15?,20-/m1/s1. The molecule has 2 aromatic carbocycles. The zero-order valence-corrected chi connectivity index (χ0v) is 16.9. The van der Waals surface area contributed by atoms with Gasteiger partial charge >= 0.3 is 5.97 Å². The van der Waals surface area contributed by atoms with E-state index in [2.05, 4.69) is 6.07 Å². The number of nitrogens with zero attached hydrogens (tertiary/aromatic N) is 2. The molecule has 0 aromatic heterocycles. The summed E-state index contributed by atoms with van der Waals surface area (Å²) in [5.74, 6) is -0.307. The van der Waals surface area contributed by atoms with Crippen LogP contribution in [0.1, 0.15) is 19.4 Å². The van der Waals surface area contributed by atoms with Crippen molar-refractivity contribution >= 4 is 22.6 Å². The van der Waals surface area contributed by atoms with Gasteiger partial charge in [0.25, 0.3) is 0 Å². The van der Waals surface area contributed by atoms with Crippen LogP contribution in [-0.2, 0) is 16.1 Å². The lowest BCUT2D eigenvalue weighted by Crippen LogP contribution is -2.45. The fourth-order valence-electron chi connectivity index (χ4n) is 3.97. The molecule has 0 spiro atoms. The minimum absolute atomic E-state index is 0.00747. The molecule has 0 aliphatic carbocycles. The molecule has 0 radical (unpaired) electrons. The molecule has 3 atom stereocenters. The highest BCUT2D eigenvalue weighted by Gasteiger charge is 2.38. The normalized spacial score (nSPS) is 20.9. The van der Waals surface area contributed by atoms with Crippen LogP contribution in [0.25, 0.3) is 10.8 Å². The molecule has 1 saturated heterocycles. The second kappa shape index (κ2) is 8.19. The van der Waals surface area contributed by atoms with E-state index in [4.69, 9.17) is 4.74 Å². The minimum atomic E-state index is -0.782. The molecule has 1 fully saturated rings. The summed E-state index contributed by atoms with van der Waals surface area (Å²) in [7, 11) is 3.45. The highest BCUT2D eigenvalue weighted by molar-refractivity contribution is 5.85. The summed E-state index contributed by atoms with van der Waals surface area (Å²) >= 11 is 0. The van der Waals surface area contributed by atoms with Gasteiger partial charge in [0.2, 0.25) is 5.91 Å². The SMILES string of the molecule is COc1ccc2cc(CN(C)C(=O)C(C)N3C[C@@H](C)[C@H](C(=O)O)C3)ccc2c1. The molecule has 1 N–H and O–H groups in total. The largest absolute Gasteiger partial charge is 0.497 e. The summed E-state index contributed by atoms with van der Waals surface area (Å²) in [5, 5.41) is 11.5. The van der Waals surface area contributed by atoms with Crippen LogP contribution in [0.3, 0.4) is 0 Å². The Morgan fingerprint density at radius 1 is 1.21 bits per heavy atom. The lowest BCUT2D eigenvalue weighted by Gasteiger charge is -2.28. The number of likely N-dealkylation sites (N-methyl/N-ethyl adjacent to an activating group) is 1. The first-order valence-corrected chi connectivity index (χ1v) is 9.58. The first-order chi connectivity index (χ1) is 13.3. The summed E-state index contributed by atoms with van der Waals surface area (Å²) in [4.78, 5) is 27.9. The Morgan fingerprint density at radius 3 is 2.54 bits per heavy atom. The summed E-state index contributed by atoms with van der Waals surface area (Å²) in [6.07, 6.45) is 0. The summed E-state index contributed by atoms with van der Waals surface area (Å²) < 4.78 is 5.26. The maximum Gasteiger partial charge on any atom is 0.308 e. The molecule has 1 aliphatic rings. The van der Waals surface area contributed by atoms with Crippen LogP contribution in [0.2, 0.25) is 0 Å². The van der Waals surface area contributed by atoms with Gasteiger partial charge in [-0.1, -0.05) is 25.1 Å². The van der Waals surface area contributed by atoms with Gasteiger partial charge in [-0.2, -0.15) is 0 Å². The second-order valence-corrected chi connectivity index (χ2v) is 7.79. The van der Waals surface area contributed by atoms with E-state index in [0.717, 1.165) is 22.1 Å². The third-order valence-corrected chi connectivity index (χ3v) is 5.77. The van der Waals surface area contributed by atoms with E-state index < -0.39 is 11.9 Å². The van der Waals surface area contributed by atoms with Crippen molar-refractivity contribution in [2.24, 2.45) is 11.8 Å². The van der Waals surface area contributed by atoms with Crippen molar-refractivity contribution in [1.82, 2.24) is 9.80 Å². The third-order valence-electron chi connectivity index (χ3n) is 5.77. The van der Waals surface area contributed by atoms with Gasteiger partial charge in [0.15, 0.2) is 0 Å². The van der Waals surface area contributed by atoms with Crippen molar-refractivity contribution < 1.29 is 19.4 Å². The van der Waals surface area contributed by atoms with Crippen molar-refractivity contribution in [2.75, 3.05) is 27.2 Å². The van der Waals surface area contributed by atoms with Crippen LogP contribution >= 0.6 is 0 Å². The number of carbonyl (C=O) groups excluding carboxylic acids is 1. The number of benzene rings is 2. The van der Waals surface area contributed by atoms with Gasteiger partial charge in [-0.3, -0.25) is 14.5 Å². The minimum Gasteiger partial charge on any atom is -0.497 e. The molecular weight excluding hydrogens is 356 g/mol. The molecule has 2 aromatic rings. The molecule has 1 unspecified atom stereocenters. The zero-order valence-electron chi connectivity index (χ0n) is 16.9. The molecule has 6 nitrogen and oxygen atoms in total. The molecule has 3 rings (SSSR count). The third kappa shape index (κ3) is 4.12. The van der Waals surface area contributed by atoms with Crippen LogP contribution in [0.4, 0.5) is 0 Å². The molecule has 1 heterocycles. The molecule has 150 valence electrons. The number of methoxy groups -OCH3 is 1. The molecule has 0 saturated carbocycles. The van der Waals surface area contributed by atoms with Gasteiger partial charge in [0.1, 0.15) is 5.75 Å². The first-order valence-electron chi connectivity index (χ1n) is 9.58. The van der Waals surface area contributed by atoms with Gasteiger partial charge in [-0.05, 0) is 47.4 Å². The molecule has 28 heavy (non-hydrogen) atoms. The van der Waals surface area contributed by atoms with Crippen LogP contribution in [0, 0.1) is 11.8 Å². The Hall–Kier alpha value is -2.60. The maximum absolute atomic E-state index is 12.9. The van der Waals surface area contributed by atoms with Gasteiger partial charge in [0.05, 0.1) is 19.1 Å². The van der Waals surface area contributed by atoms with Crippen molar-refractivity contribution in [3.63, 3.8) is 0 Å². The number of aliphatic carboxylic acids is 1. The second-order valence-electron chi connectivity index (χ2n) is 7.79. The van der Waals surface area contributed by atoms with E-state index in [9.17, 15) is 14.7 Å². The molecule has 6 heteroatoms. The number of carbonyl (C=O) groups is 2. The molecule has 1 aliphatic heterocycles. The van der Waals surface area contributed by atoms with Crippen LogP contribution in [0.15, 0.2) is 36.4 Å². The molecule has 0 bridgehead atoms. The van der Waals surface area contributed by atoms with E-state index in [1.807, 2.05) is 49.1 Å². The van der Waals surface area contributed by atoms with Gasteiger partial charge in [-0.25, -0.2) is 0 Å². The Kier molecular flexibility index (Phi) is 5.89. The average Bonchev–Trinajstić information content (AvgIpc) is 3.08. The van der Waals surface area contributed by atoms with Gasteiger partial charge < -0.3 is 14.7 Å². The Bertz CT molecular complexity index is 882. The first kappa shape index (κ1) is 20.1.